The van der Waals surface area contributed by atoms with Gasteiger partial charge in [0.25, 0.3) is 0 Å². The van der Waals surface area contributed by atoms with Gasteiger partial charge in [0.15, 0.2) is 0 Å². The molecule has 0 bridgehead atoms. The minimum Gasteiger partial charge on any atom is -0.481 e. The molecule has 0 spiro atoms. The second-order valence-corrected chi connectivity index (χ2v) is 7.35. The zero-order chi connectivity index (χ0) is 18.1. The maximum atomic E-state index is 13.3. The molecule has 2 aliphatic rings. The normalized spacial score (nSPS) is 19.5. The van der Waals surface area contributed by atoms with Crippen molar-refractivity contribution in [1.29, 1.82) is 0 Å². The van der Waals surface area contributed by atoms with Crippen LogP contribution in [0.1, 0.15) is 41.9 Å². The second kappa shape index (κ2) is 6.94. The maximum absolute atomic E-state index is 13.3. The molecule has 0 fully saturated rings. The number of hydrogen-bond donors (Lipinski definition) is 1. The number of carbonyl (C=O) groups excluding carboxylic acids is 1. The third-order valence-corrected chi connectivity index (χ3v) is 5.75. The van der Waals surface area contributed by atoms with Crippen LogP contribution < -0.4 is 4.90 Å². The lowest BCUT2D eigenvalue weighted by molar-refractivity contribution is -0.137. The number of benzene rings is 2. The van der Waals surface area contributed by atoms with E-state index in [1.54, 1.807) is 0 Å². The van der Waals surface area contributed by atoms with Crippen molar-refractivity contribution in [2.24, 2.45) is 5.92 Å². The number of rotatable bonds is 3. The molecule has 0 aromatic heterocycles. The highest BCUT2D eigenvalue weighted by molar-refractivity contribution is 5.97. The molecule has 1 heterocycles. The van der Waals surface area contributed by atoms with Gasteiger partial charge in [-0.05, 0) is 48.4 Å². The van der Waals surface area contributed by atoms with Gasteiger partial charge in [0.1, 0.15) is 0 Å². The SMILES string of the molecule is O=C(O)CC1CN(C(=O)C2CCc3ccccc3CC2)c2ccccc21. The van der Waals surface area contributed by atoms with Gasteiger partial charge in [0.2, 0.25) is 5.91 Å². The van der Waals surface area contributed by atoms with E-state index in [2.05, 4.69) is 24.3 Å². The summed E-state index contributed by atoms with van der Waals surface area (Å²) < 4.78 is 0. The van der Waals surface area contributed by atoms with Gasteiger partial charge in [-0.15, -0.1) is 0 Å². The fourth-order valence-corrected chi connectivity index (χ4v) is 4.41. The smallest absolute Gasteiger partial charge is 0.304 e. The number of fused-ring (bicyclic) bond motifs is 2. The number of carbonyl (C=O) groups is 2. The number of nitrogens with zero attached hydrogens (tertiary/aromatic N) is 1. The van der Waals surface area contributed by atoms with Crippen molar-refractivity contribution < 1.29 is 14.7 Å². The lowest BCUT2D eigenvalue weighted by Gasteiger charge is -2.23. The topological polar surface area (TPSA) is 57.6 Å². The summed E-state index contributed by atoms with van der Waals surface area (Å²) in [5.74, 6) is -0.781. The Morgan fingerprint density at radius 3 is 2.23 bits per heavy atom. The Kier molecular flexibility index (Phi) is 4.49. The molecule has 1 aliphatic heterocycles. The molecule has 2 aromatic rings. The number of carboxylic acid groups (broad SMARTS) is 1. The molecule has 1 atom stereocenters. The van der Waals surface area contributed by atoms with Gasteiger partial charge in [-0.2, -0.15) is 0 Å². The lowest BCUT2D eigenvalue weighted by Crippen LogP contribution is -2.36. The van der Waals surface area contributed by atoms with Crippen LogP contribution in [0.25, 0.3) is 0 Å². The van der Waals surface area contributed by atoms with Crippen LogP contribution >= 0.6 is 0 Å². The second-order valence-electron chi connectivity index (χ2n) is 7.35. The van der Waals surface area contributed by atoms with Crippen molar-refractivity contribution >= 4 is 17.6 Å². The van der Waals surface area contributed by atoms with Gasteiger partial charge in [-0.25, -0.2) is 0 Å². The molecule has 0 saturated heterocycles. The fraction of sp³-hybridized carbons (Fsp3) is 0.364. The molecular weight excluding hydrogens is 326 g/mol. The quantitative estimate of drug-likeness (QED) is 0.858. The molecular formula is C22H23NO3. The monoisotopic (exact) mass is 349 g/mol. The molecule has 26 heavy (non-hydrogen) atoms. The van der Waals surface area contributed by atoms with Crippen LogP contribution in [0.3, 0.4) is 0 Å². The van der Waals surface area contributed by atoms with Crippen molar-refractivity contribution in [3.63, 3.8) is 0 Å². The Morgan fingerprint density at radius 1 is 0.962 bits per heavy atom. The van der Waals surface area contributed by atoms with E-state index in [0.29, 0.717) is 6.54 Å². The van der Waals surface area contributed by atoms with E-state index in [4.69, 9.17) is 0 Å². The van der Waals surface area contributed by atoms with Gasteiger partial charge in [-0.1, -0.05) is 42.5 Å². The Hall–Kier alpha value is -2.62. The number of aliphatic carboxylic acids is 1. The zero-order valence-corrected chi connectivity index (χ0v) is 14.7. The summed E-state index contributed by atoms with van der Waals surface area (Å²) in [5.41, 5.74) is 4.59. The summed E-state index contributed by atoms with van der Waals surface area (Å²) >= 11 is 0. The number of amides is 1. The van der Waals surface area contributed by atoms with Gasteiger partial charge in [-0.3, -0.25) is 9.59 Å². The molecule has 2 aromatic carbocycles. The lowest BCUT2D eigenvalue weighted by atomic mass is 9.97. The first-order chi connectivity index (χ1) is 12.6. The number of carboxylic acids is 1. The first-order valence-electron chi connectivity index (χ1n) is 9.32. The molecule has 1 aliphatic carbocycles. The third kappa shape index (κ3) is 3.12. The van der Waals surface area contributed by atoms with E-state index < -0.39 is 5.97 Å². The fourth-order valence-electron chi connectivity index (χ4n) is 4.41. The first-order valence-corrected chi connectivity index (χ1v) is 9.32. The maximum Gasteiger partial charge on any atom is 0.304 e. The van der Waals surface area contributed by atoms with Gasteiger partial charge in [0.05, 0.1) is 6.42 Å². The summed E-state index contributed by atoms with van der Waals surface area (Å²) in [6, 6.07) is 16.2. The highest BCUT2D eigenvalue weighted by Crippen LogP contribution is 2.39. The largest absolute Gasteiger partial charge is 0.481 e. The highest BCUT2D eigenvalue weighted by Gasteiger charge is 2.36. The van der Waals surface area contributed by atoms with E-state index in [0.717, 1.165) is 36.9 Å². The summed E-state index contributed by atoms with van der Waals surface area (Å²) in [6.07, 6.45) is 3.65. The van der Waals surface area contributed by atoms with E-state index in [1.807, 2.05) is 29.2 Å². The first kappa shape index (κ1) is 16.8. The van der Waals surface area contributed by atoms with E-state index in [9.17, 15) is 14.7 Å². The molecule has 1 unspecified atom stereocenters. The Labute approximate surface area is 153 Å². The molecule has 4 nitrogen and oxygen atoms in total. The summed E-state index contributed by atoms with van der Waals surface area (Å²) in [6.45, 7) is 0.480. The average molecular weight is 349 g/mol. The molecule has 0 radical (unpaired) electrons. The van der Waals surface area contributed by atoms with Crippen LogP contribution in [0.4, 0.5) is 5.69 Å². The van der Waals surface area contributed by atoms with Crippen molar-refractivity contribution in [2.45, 2.75) is 38.0 Å². The van der Waals surface area contributed by atoms with Crippen LogP contribution in [-0.2, 0) is 22.4 Å². The van der Waals surface area contributed by atoms with Crippen LogP contribution in [0.2, 0.25) is 0 Å². The summed E-state index contributed by atoms with van der Waals surface area (Å²) in [5, 5.41) is 9.21. The molecule has 1 amide bonds. The van der Waals surface area contributed by atoms with Gasteiger partial charge >= 0.3 is 5.97 Å². The van der Waals surface area contributed by atoms with Crippen molar-refractivity contribution in [1.82, 2.24) is 0 Å². The van der Waals surface area contributed by atoms with Crippen molar-refractivity contribution in [2.75, 3.05) is 11.4 Å². The predicted molar refractivity (Wildman–Crippen MR) is 100 cm³/mol. The van der Waals surface area contributed by atoms with Crippen LogP contribution in [0.5, 0.6) is 0 Å². The third-order valence-electron chi connectivity index (χ3n) is 5.75. The number of para-hydroxylation sites is 1. The Morgan fingerprint density at radius 2 is 1.58 bits per heavy atom. The van der Waals surface area contributed by atoms with Crippen LogP contribution in [-0.4, -0.2) is 23.5 Å². The highest BCUT2D eigenvalue weighted by atomic mass is 16.4. The van der Waals surface area contributed by atoms with Crippen LogP contribution in [0, 0.1) is 5.92 Å². The predicted octanol–water partition coefficient (Wildman–Crippen LogP) is 3.79. The summed E-state index contributed by atoms with van der Waals surface area (Å²) in [7, 11) is 0. The van der Waals surface area contributed by atoms with Crippen molar-refractivity contribution in [3.8, 4) is 0 Å². The van der Waals surface area contributed by atoms with Gasteiger partial charge in [0, 0.05) is 24.1 Å². The molecule has 4 heteroatoms. The van der Waals surface area contributed by atoms with E-state index in [1.165, 1.54) is 11.1 Å². The average Bonchev–Trinajstić information content (AvgIpc) is 2.86. The Balaban J connectivity index is 1.54. The number of hydrogen-bond acceptors (Lipinski definition) is 2. The molecule has 4 rings (SSSR count). The molecule has 134 valence electrons. The molecule has 0 saturated carbocycles. The van der Waals surface area contributed by atoms with Gasteiger partial charge < -0.3 is 10.0 Å². The number of aryl methyl sites for hydroxylation is 2. The molecule has 1 N–H and O–H groups in total. The summed E-state index contributed by atoms with van der Waals surface area (Å²) in [4.78, 5) is 26.3. The number of anilines is 1. The Bertz CT molecular complexity index is 818. The standard InChI is InChI=1S/C22H23NO3/c24-21(25)13-18-14-23(20-8-4-3-7-19(18)20)22(26)17-11-9-15-5-1-2-6-16(15)10-12-17/h1-8,17-18H,9-14H2,(H,24,25). The van der Waals surface area contributed by atoms with Crippen LogP contribution in [0.15, 0.2) is 48.5 Å². The minimum absolute atomic E-state index is 0.000894. The zero-order valence-electron chi connectivity index (χ0n) is 14.7. The van der Waals surface area contributed by atoms with E-state index >= 15 is 0 Å². The van der Waals surface area contributed by atoms with E-state index in [-0.39, 0.29) is 24.2 Å². The van der Waals surface area contributed by atoms with Crippen molar-refractivity contribution in [3.05, 3.63) is 65.2 Å². The minimum atomic E-state index is -0.816.